The zero-order valence-corrected chi connectivity index (χ0v) is 11.5. The first kappa shape index (κ1) is 13.9. The normalized spacial score (nSPS) is 24.6. The van der Waals surface area contributed by atoms with Crippen LogP contribution in [0.1, 0.15) is 40.5 Å². The summed E-state index contributed by atoms with van der Waals surface area (Å²) in [6.07, 6.45) is 2.04. The van der Waals surface area contributed by atoms with Crippen molar-refractivity contribution in [2.24, 2.45) is 5.41 Å². The highest BCUT2D eigenvalue weighted by molar-refractivity contribution is 7.89. The van der Waals surface area contributed by atoms with E-state index in [4.69, 9.17) is 0 Å². The molecule has 5 heteroatoms. The van der Waals surface area contributed by atoms with Gasteiger partial charge in [-0.25, -0.2) is 13.1 Å². The summed E-state index contributed by atoms with van der Waals surface area (Å²) in [5, 5.41) is 3.21. The van der Waals surface area contributed by atoms with Gasteiger partial charge in [0.15, 0.2) is 0 Å². The molecule has 0 aromatic heterocycles. The molecule has 0 bridgehead atoms. The lowest BCUT2D eigenvalue weighted by Gasteiger charge is -2.28. The first-order chi connectivity index (χ1) is 7.21. The van der Waals surface area contributed by atoms with Crippen LogP contribution in [0.25, 0.3) is 0 Å². The van der Waals surface area contributed by atoms with Crippen molar-refractivity contribution in [3.05, 3.63) is 0 Å². The molecule has 0 amide bonds. The Morgan fingerprint density at radius 2 is 2.06 bits per heavy atom. The van der Waals surface area contributed by atoms with E-state index in [1.165, 1.54) is 0 Å². The number of hydrogen-bond acceptors (Lipinski definition) is 3. The van der Waals surface area contributed by atoms with Gasteiger partial charge in [0.25, 0.3) is 0 Å². The van der Waals surface area contributed by atoms with Crippen molar-refractivity contribution in [3.8, 4) is 0 Å². The van der Waals surface area contributed by atoms with Gasteiger partial charge in [-0.2, -0.15) is 0 Å². The van der Waals surface area contributed by atoms with E-state index < -0.39 is 10.0 Å². The third kappa shape index (κ3) is 4.39. The predicted octanol–water partition coefficient (Wildman–Crippen LogP) is 1.09. The van der Waals surface area contributed by atoms with Gasteiger partial charge in [-0.3, -0.25) is 0 Å². The van der Waals surface area contributed by atoms with Crippen LogP contribution in [-0.2, 0) is 10.0 Å². The lowest BCUT2D eigenvalue weighted by molar-refractivity contribution is 0.317. The number of hydrogen-bond donors (Lipinski definition) is 2. The van der Waals surface area contributed by atoms with E-state index in [-0.39, 0.29) is 23.3 Å². The Morgan fingerprint density at radius 3 is 2.50 bits per heavy atom. The molecule has 0 radical (unpaired) electrons. The summed E-state index contributed by atoms with van der Waals surface area (Å²) in [5.74, 6) is 0.202. The average molecular weight is 248 g/mol. The predicted molar refractivity (Wildman–Crippen MR) is 66.9 cm³/mol. The molecule has 96 valence electrons. The quantitative estimate of drug-likeness (QED) is 0.783. The minimum Gasteiger partial charge on any atom is -0.313 e. The number of rotatable bonds is 4. The molecular formula is C11H24N2O2S. The van der Waals surface area contributed by atoms with Crippen LogP contribution >= 0.6 is 0 Å². The second-order valence-electron chi connectivity index (χ2n) is 5.78. The molecule has 0 aromatic carbocycles. The maximum Gasteiger partial charge on any atom is 0.213 e. The van der Waals surface area contributed by atoms with Gasteiger partial charge in [0.1, 0.15) is 0 Å². The maximum atomic E-state index is 11.9. The summed E-state index contributed by atoms with van der Waals surface area (Å²) in [5.41, 5.74) is -0.0455. The van der Waals surface area contributed by atoms with Gasteiger partial charge in [0.05, 0.1) is 5.75 Å². The fraction of sp³-hybridized carbons (Fsp3) is 1.00. The van der Waals surface area contributed by atoms with E-state index in [1.54, 1.807) is 0 Å². The molecular weight excluding hydrogens is 224 g/mol. The molecule has 1 fully saturated rings. The molecule has 0 saturated carbocycles. The molecule has 2 N–H and O–H groups in total. The molecule has 0 spiro atoms. The summed E-state index contributed by atoms with van der Waals surface area (Å²) in [6.45, 7) is 8.96. The number of nitrogens with one attached hydrogen (secondary N) is 2. The van der Waals surface area contributed by atoms with Gasteiger partial charge < -0.3 is 5.32 Å². The van der Waals surface area contributed by atoms with Gasteiger partial charge in [-0.05, 0) is 31.7 Å². The van der Waals surface area contributed by atoms with E-state index in [2.05, 4.69) is 10.0 Å². The van der Waals surface area contributed by atoms with Gasteiger partial charge in [0, 0.05) is 12.1 Å². The van der Waals surface area contributed by atoms with Gasteiger partial charge in [-0.15, -0.1) is 0 Å². The largest absolute Gasteiger partial charge is 0.313 e. The topological polar surface area (TPSA) is 58.2 Å². The van der Waals surface area contributed by atoms with E-state index in [0.717, 1.165) is 19.4 Å². The van der Waals surface area contributed by atoms with E-state index in [1.807, 2.05) is 27.7 Å². The molecule has 16 heavy (non-hydrogen) atoms. The highest BCUT2D eigenvalue weighted by Gasteiger charge is 2.27. The molecule has 4 nitrogen and oxygen atoms in total. The molecule has 2 unspecified atom stereocenters. The summed E-state index contributed by atoms with van der Waals surface area (Å²) >= 11 is 0. The molecule has 0 aliphatic carbocycles. The molecule has 1 aliphatic heterocycles. The van der Waals surface area contributed by atoms with E-state index in [0.29, 0.717) is 0 Å². The first-order valence-corrected chi connectivity index (χ1v) is 7.59. The van der Waals surface area contributed by atoms with Crippen LogP contribution in [0.15, 0.2) is 0 Å². The molecule has 1 aliphatic rings. The lowest BCUT2D eigenvalue weighted by Crippen LogP contribution is -2.45. The second-order valence-corrected chi connectivity index (χ2v) is 7.58. The smallest absolute Gasteiger partial charge is 0.213 e. The third-order valence-corrected chi connectivity index (χ3v) is 4.79. The Morgan fingerprint density at radius 1 is 1.44 bits per heavy atom. The van der Waals surface area contributed by atoms with Crippen molar-refractivity contribution in [1.29, 1.82) is 0 Å². The Bertz CT molecular complexity index is 313. The van der Waals surface area contributed by atoms with Crippen molar-refractivity contribution in [2.75, 3.05) is 12.3 Å². The molecule has 0 aromatic rings. The Kier molecular flexibility index (Phi) is 4.37. The first-order valence-electron chi connectivity index (χ1n) is 5.94. The molecule has 2 atom stereocenters. The lowest BCUT2D eigenvalue weighted by atomic mass is 9.89. The van der Waals surface area contributed by atoms with E-state index >= 15 is 0 Å². The van der Waals surface area contributed by atoms with Crippen LogP contribution in [0.5, 0.6) is 0 Å². The Labute approximate surface area is 99.2 Å². The van der Waals surface area contributed by atoms with Gasteiger partial charge in [0.2, 0.25) is 10.0 Å². The van der Waals surface area contributed by atoms with Crippen LogP contribution in [0.4, 0.5) is 0 Å². The second kappa shape index (κ2) is 5.02. The zero-order chi connectivity index (χ0) is 12.4. The standard InChI is InChI=1S/C11H24N2O2S/c1-9(11(2,3)4)13-16(14,15)8-10-6-5-7-12-10/h9-10,12-13H,5-8H2,1-4H3. The SMILES string of the molecule is CC(NS(=O)(=O)CC1CCCN1)C(C)(C)C. The molecule has 1 heterocycles. The summed E-state index contributed by atoms with van der Waals surface area (Å²) < 4.78 is 26.5. The monoisotopic (exact) mass is 248 g/mol. The average Bonchev–Trinajstić information content (AvgIpc) is 2.52. The Hall–Kier alpha value is -0.130. The molecule has 1 saturated heterocycles. The van der Waals surface area contributed by atoms with Gasteiger partial charge >= 0.3 is 0 Å². The van der Waals surface area contributed by atoms with Crippen LogP contribution in [0.3, 0.4) is 0 Å². The fourth-order valence-electron chi connectivity index (χ4n) is 1.66. The van der Waals surface area contributed by atoms with Crippen LogP contribution in [0.2, 0.25) is 0 Å². The third-order valence-electron chi connectivity index (χ3n) is 3.24. The summed E-state index contributed by atoms with van der Waals surface area (Å²) in [4.78, 5) is 0. The van der Waals surface area contributed by atoms with Crippen LogP contribution in [-0.4, -0.2) is 32.8 Å². The van der Waals surface area contributed by atoms with Crippen molar-refractivity contribution in [1.82, 2.24) is 10.0 Å². The zero-order valence-electron chi connectivity index (χ0n) is 10.7. The summed E-state index contributed by atoms with van der Waals surface area (Å²) in [6, 6.07) is 0.0866. The minimum atomic E-state index is -3.16. The van der Waals surface area contributed by atoms with Crippen LogP contribution in [0, 0.1) is 5.41 Å². The van der Waals surface area contributed by atoms with Crippen LogP contribution < -0.4 is 10.0 Å². The van der Waals surface area contributed by atoms with E-state index in [9.17, 15) is 8.42 Å². The van der Waals surface area contributed by atoms with Gasteiger partial charge in [-0.1, -0.05) is 20.8 Å². The summed E-state index contributed by atoms with van der Waals surface area (Å²) in [7, 11) is -3.16. The van der Waals surface area contributed by atoms with Crippen molar-refractivity contribution >= 4 is 10.0 Å². The van der Waals surface area contributed by atoms with Crippen molar-refractivity contribution in [3.63, 3.8) is 0 Å². The fourth-order valence-corrected chi connectivity index (χ4v) is 3.46. The number of sulfonamides is 1. The Balaban J connectivity index is 2.51. The van der Waals surface area contributed by atoms with Crippen molar-refractivity contribution in [2.45, 2.75) is 52.6 Å². The highest BCUT2D eigenvalue weighted by Crippen LogP contribution is 2.19. The highest BCUT2D eigenvalue weighted by atomic mass is 32.2. The minimum absolute atomic E-state index is 0.0427. The maximum absolute atomic E-state index is 11.9. The van der Waals surface area contributed by atoms with Crippen molar-refractivity contribution < 1.29 is 8.42 Å². The molecule has 1 rings (SSSR count).